The number of hydrogen-bond donors (Lipinski definition) is 0. The number of fused-ring (bicyclic) bond motifs is 9. The summed E-state index contributed by atoms with van der Waals surface area (Å²) in [5, 5.41) is 2.85. The Morgan fingerprint density at radius 3 is 1.73 bits per heavy atom. The molecule has 0 radical (unpaired) electrons. The molecule has 340 valence electrons. The molecule has 0 spiro atoms. The lowest BCUT2D eigenvalue weighted by Gasteiger charge is -2.52. The summed E-state index contributed by atoms with van der Waals surface area (Å²) in [4.78, 5) is 5.40. The minimum Gasteiger partial charge on any atom is -0.311 e. The second kappa shape index (κ2) is 14.0. The van der Waals surface area contributed by atoms with E-state index in [9.17, 15) is 0 Å². The Balaban J connectivity index is 1.21. The van der Waals surface area contributed by atoms with Crippen LogP contribution in [-0.4, -0.2) is 6.71 Å². The molecule has 1 fully saturated rings. The van der Waals surface area contributed by atoms with Gasteiger partial charge in [-0.1, -0.05) is 138 Å². The molecule has 2 aliphatic heterocycles. The number of nitrogens with zero attached hydrogens (tertiary/aromatic N) is 2. The SMILES string of the molecule is Cc1cc2c3c(c1)N(c1ccc4c(c1)C(C)(C)CCC4(C)C)c1sc4cc5c(cc4c1B3c1cc(C(C)(C)C)ccc1N2c1ccc(C(C)(C)C)cc1-c1ccccc1)C1(C)CCC5(C)CC1. The Morgan fingerprint density at radius 2 is 1.09 bits per heavy atom. The third kappa shape index (κ3) is 6.33. The fourth-order valence-electron chi connectivity index (χ4n) is 13.3. The molecule has 1 aromatic heterocycles. The zero-order valence-electron chi connectivity index (χ0n) is 42.5. The Kier molecular flexibility index (Phi) is 9.05. The topological polar surface area (TPSA) is 6.48 Å². The van der Waals surface area contributed by atoms with Crippen molar-refractivity contribution in [2.45, 2.75) is 161 Å². The maximum atomic E-state index is 2.73. The molecular weight excluding hydrogens is 828 g/mol. The summed E-state index contributed by atoms with van der Waals surface area (Å²) in [6.07, 6.45) is 7.54. The zero-order chi connectivity index (χ0) is 47.0. The first kappa shape index (κ1) is 43.2. The molecule has 0 N–H and O–H groups in total. The van der Waals surface area contributed by atoms with Gasteiger partial charge in [-0.2, -0.15) is 0 Å². The van der Waals surface area contributed by atoms with Crippen molar-refractivity contribution < 1.29 is 0 Å². The van der Waals surface area contributed by atoms with Crippen LogP contribution in [0.5, 0.6) is 0 Å². The van der Waals surface area contributed by atoms with Gasteiger partial charge in [-0.25, -0.2) is 0 Å². The molecule has 13 rings (SSSR count). The van der Waals surface area contributed by atoms with E-state index in [1.807, 2.05) is 0 Å². The summed E-state index contributed by atoms with van der Waals surface area (Å²) in [5.41, 5.74) is 24.2. The van der Waals surface area contributed by atoms with E-state index >= 15 is 0 Å². The van der Waals surface area contributed by atoms with Crippen LogP contribution in [0.25, 0.3) is 21.2 Å². The van der Waals surface area contributed by atoms with Gasteiger partial charge in [0.25, 0.3) is 6.71 Å². The van der Waals surface area contributed by atoms with Gasteiger partial charge in [-0.3, -0.25) is 0 Å². The summed E-state index contributed by atoms with van der Waals surface area (Å²) in [6, 6.07) is 44.0. The van der Waals surface area contributed by atoms with Crippen LogP contribution in [0.1, 0.15) is 161 Å². The molecule has 0 unspecified atom stereocenters. The summed E-state index contributed by atoms with van der Waals surface area (Å²) in [6.45, 7) is 31.6. The van der Waals surface area contributed by atoms with Gasteiger partial charge < -0.3 is 9.80 Å². The van der Waals surface area contributed by atoms with Crippen molar-refractivity contribution in [1.29, 1.82) is 0 Å². The molecule has 3 heterocycles. The summed E-state index contributed by atoms with van der Waals surface area (Å²) in [5.74, 6) is 0. The third-order valence-electron chi connectivity index (χ3n) is 17.9. The lowest BCUT2D eigenvalue weighted by Crippen LogP contribution is -2.61. The number of thiophene rings is 1. The van der Waals surface area contributed by atoms with Crippen LogP contribution in [0.2, 0.25) is 0 Å². The van der Waals surface area contributed by atoms with Crippen LogP contribution in [0, 0.1) is 6.92 Å². The lowest BCUT2D eigenvalue weighted by atomic mass is 9.33. The lowest BCUT2D eigenvalue weighted by molar-refractivity contribution is 0.188. The fourth-order valence-corrected chi connectivity index (χ4v) is 14.6. The number of anilines is 6. The van der Waals surface area contributed by atoms with Crippen LogP contribution < -0.4 is 26.2 Å². The van der Waals surface area contributed by atoms with E-state index < -0.39 is 0 Å². The van der Waals surface area contributed by atoms with Crippen LogP contribution in [-0.2, 0) is 32.5 Å². The van der Waals surface area contributed by atoms with E-state index in [-0.39, 0.29) is 39.2 Å². The molecule has 6 aliphatic rings. The predicted molar refractivity (Wildman–Crippen MR) is 292 cm³/mol. The van der Waals surface area contributed by atoms with Crippen LogP contribution >= 0.6 is 11.3 Å². The molecule has 0 saturated heterocycles. The Morgan fingerprint density at radius 1 is 0.507 bits per heavy atom. The predicted octanol–water partition coefficient (Wildman–Crippen LogP) is 16.0. The number of rotatable bonds is 3. The van der Waals surface area contributed by atoms with E-state index in [0.29, 0.717) is 0 Å². The minimum absolute atomic E-state index is 0.000184. The quantitative estimate of drug-likeness (QED) is 0.163. The van der Waals surface area contributed by atoms with Gasteiger partial charge >= 0.3 is 0 Å². The standard InChI is InChI=1S/C63H69BN2S/c1-38-31-52-56-53(32-38)66(50-23-19-40(58(2,3)4)33-43(50)39-17-15-14-16-18-39)51-24-20-41(59(5,6)7)34-49(51)64(56)55-44-36-47-48(63(13)29-27-62(47,12)28-30-63)37-54(44)67-57(55)65(52)42-21-22-45-46(35-42)61(10,11)26-25-60(45,8)9/h14-24,31-37H,25-30H2,1-13H3. The first-order valence-corrected chi connectivity index (χ1v) is 26.2. The molecular formula is C63H69BN2S. The molecule has 7 aromatic rings. The van der Waals surface area contributed by atoms with Crippen molar-refractivity contribution in [2.24, 2.45) is 0 Å². The monoisotopic (exact) mass is 897 g/mol. The fraction of sp³-hybridized carbons (Fsp3) is 0.397. The normalized spacial score (nSPS) is 22.0. The van der Waals surface area contributed by atoms with Crippen molar-refractivity contribution in [2.75, 3.05) is 9.80 Å². The molecule has 67 heavy (non-hydrogen) atoms. The van der Waals surface area contributed by atoms with Crippen LogP contribution in [0.3, 0.4) is 0 Å². The number of aryl methyl sites for hydroxylation is 1. The highest BCUT2D eigenvalue weighted by molar-refractivity contribution is 7.26. The first-order chi connectivity index (χ1) is 31.6. The average molecular weight is 897 g/mol. The van der Waals surface area contributed by atoms with E-state index in [4.69, 9.17) is 0 Å². The maximum absolute atomic E-state index is 2.73. The van der Waals surface area contributed by atoms with Gasteiger partial charge in [-0.05, 0) is 199 Å². The van der Waals surface area contributed by atoms with Gasteiger partial charge in [-0.15, -0.1) is 11.3 Å². The van der Waals surface area contributed by atoms with Gasteiger partial charge in [0.1, 0.15) is 0 Å². The Hall–Kier alpha value is -5.06. The second-order valence-corrected chi connectivity index (χ2v) is 26.6. The first-order valence-electron chi connectivity index (χ1n) is 25.4. The summed E-state index contributed by atoms with van der Waals surface area (Å²) >= 11 is 2.05. The number of hydrogen-bond acceptors (Lipinski definition) is 3. The maximum Gasteiger partial charge on any atom is 0.254 e. The molecule has 2 nitrogen and oxygen atoms in total. The molecule has 1 saturated carbocycles. The third-order valence-corrected chi connectivity index (χ3v) is 19.0. The van der Waals surface area contributed by atoms with Gasteiger partial charge in [0.15, 0.2) is 0 Å². The molecule has 2 bridgehead atoms. The smallest absolute Gasteiger partial charge is 0.254 e. The Labute approximate surface area is 405 Å². The largest absolute Gasteiger partial charge is 0.311 e. The Bertz CT molecular complexity index is 3210. The van der Waals surface area contributed by atoms with Crippen molar-refractivity contribution in [3.8, 4) is 11.1 Å². The average Bonchev–Trinajstić information content (AvgIpc) is 3.65. The van der Waals surface area contributed by atoms with Crippen LogP contribution in [0.4, 0.5) is 33.4 Å². The molecule has 6 aromatic carbocycles. The van der Waals surface area contributed by atoms with Crippen molar-refractivity contribution >= 4 is 78.0 Å². The van der Waals surface area contributed by atoms with E-state index in [1.54, 1.807) is 11.1 Å². The highest BCUT2D eigenvalue weighted by Crippen LogP contribution is 2.59. The van der Waals surface area contributed by atoms with Gasteiger partial charge in [0.2, 0.25) is 0 Å². The molecule has 4 aliphatic carbocycles. The van der Waals surface area contributed by atoms with E-state index in [0.717, 1.165) is 0 Å². The molecule has 0 amide bonds. The van der Waals surface area contributed by atoms with Gasteiger partial charge in [0.05, 0.1) is 10.7 Å². The second-order valence-electron chi connectivity index (χ2n) is 25.5. The van der Waals surface area contributed by atoms with Crippen LogP contribution in [0.15, 0.2) is 109 Å². The zero-order valence-corrected chi connectivity index (χ0v) is 43.3. The van der Waals surface area contributed by atoms with Crippen molar-refractivity contribution in [3.63, 3.8) is 0 Å². The molecule has 4 heteroatoms. The summed E-state index contributed by atoms with van der Waals surface area (Å²) < 4.78 is 1.44. The van der Waals surface area contributed by atoms with E-state index in [1.165, 1.54) is 137 Å². The number of benzene rings is 6. The summed E-state index contributed by atoms with van der Waals surface area (Å²) in [7, 11) is 0. The molecule has 0 atom stereocenters. The highest BCUT2D eigenvalue weighted by atomic mass is 32.1. The van der Waals surface area contributed by atoms with Crippen molar-refractivity contribution in [1.82, 2.24) is 0 Å². The highest BCUT2D eigenvalue weighted by Gasteiger charge is 2.50. The minimum atomic E-state index is -0.0217. The van der Waals surface area contributed by atoms with Crippen molar-refractivity contribution in [3.05, 3.63) is 148 Å². The van der Waals surface area contributed by atoms with E-state index in [2.05, 4.69) is 220 Å². The van der Waals surface area contributed by atoms with Gasteiger partial charge in [0, 0.05) is 33.0 Å².